The highest BCUT2D eigenvalue weighted by Gasteiger charge is 2.29. The molecule has 6 heteroatoms. The van der Waals surface area contributed by atoms with Crippen molar-refractivity contribution in [3.63, 3.8) is 0 Å². The lowest BCUT2D eigenvalue weighted by Gasteiger charge is -2.22. The van der Waals surface area contributed by atoms with Gasteiger partial charge in [-0.25, -0.2) is 0 Å². The summed E-state index contributed by atoms with van der Waals surface area (Å²) < 4.78 is 4.18. The van der Waals surface area contributed by atoms with Crippen LogP contribution in [0, 0.1) is 5.92 Å². The van der Waals surface area contributed by atoms with E-state index in [1.54, 1.807) is 0 Å². The lowest BCUT2D eigenvalue weighted by atomic mass is 10.1. The molecule has 3 N–H and O–H groups in total. The Balaban J connectivity index is 1.72. The monoisotopic (exact) mass is 294 g/mol. The number of nitrogens with one attached hydrogen (secondary N) is 1. The highest BCUT2D eigenvalue weighted by Crippen LogP contribution is 2.33. The number of carbonyl (C=O) groups is 1. The smallest absolute Gasteiger partial charge is 0.258 e. The number of nitrogens with zero attached hydrogens (tertiary/aromatic N) is 2. The summed E-state index contributed by atoms with van der Waals surface area (Å²) in [6.07, 6.45) is 7.41. The Morgan fingerprint density at radius 3 is 2.75 bits per heavy atom. The minimum absolute atomic E-state index is 0.0629. The highest BCUT2D eigenvalue weighted by molar-refractivity contribution is 7.11. The molecule has 20 heavy (non-hydrogen) atoms. The minimum Gasteiger partial charge on any atom is -0.382 e. The van der Waals surface area contributed by atoms with Crippen molar-refractivity contribution in [2.24, 2.45) is 5.92 Å². The van der Waals surface area contributed by atoms with Crippen LogP contribution in [-0.2, 0) is 0 Å². The second-order valence-corrected chi connectivity index (χ2v) is 6.78. The maximum Gasteiger partial charge on any atom is 0.258 e. The first-order chi connectivity index (χ1) is 9.65. The van der Waals surface area contributed by atoms with Crippen molar-refractivity contribution in [3.05, 3.63) is 5.56 Å². The number of anilines is 2. The van der Waals surface area contributed by atoms with Crippen LogP contribution >= 0.6 is 11.5 Å². The van der Waals surface area contributed by atoms with E-state index in [1.807, 2.05) is 7.05 Å². The summed E-state index contributed by atoms with van der Waals surface area (Å²) in [5.74, 6) is 1.04. The number of hydrogen-bond donors (Lipinski definition) is 2. The average molecular weight is 294 g/mol. The maximum atomic E-state index is 12.3. The van der Waals surface area contributed by atoms with Gasteiger partial charge in [-0.15, -0.1) is 0 Å². The highest BCUT2D eigenvalue weighted by atomic mass is 32.1. The van der Waals surface area contributed by atoms with E-state index in [0.29, 0.717) is 17.4 Å². The van der Waals surface area contributed by atoms with Crippen LogP contribution in [0.5, 0.6) is 0 Å². The second-order valence-electron chi connectivity index (χ2n) is 6.03. The molecule has 0 saturated heterocycles. The van der Waals surface area contributed by atoms with Crippen LogP contribution in [0.4, 0.5) is 10.8 Å². The van der Waals surface area contributed by atoms with E-state index in [1.165, 1.54) is 37.2 Å². The summed E-state index contributed by atoms with van der Waals surface area (Å²) in [5, 5.41) is 3.92. The Kier molecular flexibility index (Phi) is 3.83. The zero-order valence-electron chi connectivity index (χ0n) is 11.9. The normalized spacial score (nSPS) is 19.2. The largest absolute Gasteiger partial charge is 0.382 e. The Hall–Kier alpha value is -1.30. The van der Waals surface area contributed by atoms with Crippen LogP contribution in [-0.4, -0.2) is 29.9 Å². The zero-order chi connectivity index (χ0) is 14.1. The quantitative estimate of drug-likeness (QED) is 0.873. The Morgan fingerprint density at radius 1 is 1.40 bits per heavy atom. The molecule has 0 atom stereocenters. The third-order valence-electron chi connectivity index (χ3n) is 4.19. The molecule has 2 aliphatic carbocycles. The fourth-order valence-corrected chi connectivity index (χ4v) is 3.69. The van der Waals surface area contributed by atoms with Gasteiger partial charge in [0.1, 0.15) is 10.6 Å². The van der Waals surface area contributed by atoms with Crippen LogP contribution in [0.2, 0.25) is 0 Å². The molecule has 0 spiro atoms. The van der Waals surface area contributed by atoms with Gasteiger partial charge in [-0.3, -0.25) is 4.79 Å². The lowest BCUT2D eigenvalue weighted by molar-refractivity contribution is 0.0952. The standard InChI is InChI=1S/C14H22N4OS/c1-18(8-9-4-2-3-5-9)14-11(12(15)17-20-14)13(19)16-10-6-7-10/h9-10H,2-8H2,1H3,(H2,15,17)(H,16,19). The number of nitrogens with two attached hydrogens (primary N) is 1. The van der Waals surface area contributed by atoms with Gasteiger partial charge in [-0.2, -0.15) is 4.37 Å². The minimum atomic E-state index is -0.0629. The molecule has 1 aromatic rings. The van der Waals surface area contributed by atoms with Gasteiger partial charge in [0.25, 0.3) is 5.91 Å². The van der Waals surface area contributed by atoms with E-state index in [-0.39, 0.29) is 5.91 Å². The van der Waals surface area contributed by atoms with E-state index >= 15 is 0 Å². The van der Waals surface area contributed by atoms with Crippen molar-refractivity contribution in [2.75, 3.05) is 24.2 Å². The summed E-state index contributed by atoms with van der Waals surface area (Å²) >= 11 is 1.33. The number of rotatable bonds is 5. The molecule has 0 aliphatic heterocycles. The number of hydrogen-bond acceptors (Lipinski definition) is 5. The molecule has 5 nitrogen and oxygen atoms in total. The van der Waals surface area contributed by atoms with Crippen molar-refractivity contribution in [2.45, 2.75) is 44.6 Å². The van der Waals surface area contributed by atoms with Crippen molar-refractivity contribution in [1.29, 1.82) is 0 Å². The molecule has 3 rings (SSSR count). The summed E-state index contributed by atoms with van der Waals surface area (Å²) in [7, 11) is 2.04. The van der Waals surface area contributed by atoms with Gasteiger partial charge in [-0.1, -0.05) is 12.8 Å². The van der Waals surface area contributed by atoms with Crippen LogP contribution in [0.15, 0.2) is 0 Å². The molecule has 110 valence electrons. The SMILES string of the molecule is CN(CC1CCCC1)c1snc(N)c1C(=O)NC1CC1. The zero-order valence-corrected chi connectivity index (χ0v) is 12.7. The van der Waals surface area contributed by atoms with Crippen LogP contribution in [0.1, 0.15) is 48.9 Å². The summed E-state index contributed by atoms with van der Waals surface area (Å²) in [6, 6.07) is 0.342. The molecule has 1 aromatic heterocycles. The summed E-state index contributed by atoms with van der Waals surface area (Å²) in [5.41, 5.74) is 6.47. The van der Waals surface area contributed by atoms with Gasteiger partial charge in [0, 0.05) is 19.6 Å². The third kappa shape index (κ3) is 2.90. The van der Waals surface area contributed by atoms with Crippen molar-refractivity contribution in [1.82, 2.24) is 9.69 Å². The molecule has 0 aromatic carbocycles. The molecule has 2 fully saturated rings. The molecular weight excluding hydrogens is 272 g/mol. The summed E-state index contributed by atoms with van der Waals surface area (Å²) in [4.78, 5) is 14.4. The number of aromatic nitrogens is 1. The van der Waals surface area contributed by atoms with Gasteiger partial charge in [0.05, 0.1) is 0 Å². The molecule has 1 amide bonds. The molecule has 1 heterocycles. The molecule has 2 aliphatic rings. The molecular formula is C14H22N4OS. The molecule has 0 bridgehead atoms. The Labute approximate surface area is 123 Å². The van der Waals surface area contributed by atoms with Crippen LogP contribution in [0.3, 0.4) is 0 Å². The lowest BCUT2D eigenvalue weighted by Crippen LogP contribution is -2.29. The topological polar surface area (TPSA) is 71.2 Å². The van der Waals surface area contributed by atoms with Crippen LogP contribution < -0.4 is 16.0 Å². The van der Waals surface area contributed by atoms with E-state index in [9.17, 15) is 4.79 Å². The van der Waals surface area contributed by atoms with Gasteiger partial charge < -0.3 is 16.0 Å². The predicted molar refractivity (Wildman–Crippen MR) is 82.2 cm³/mol. The Morgan fingerprint density at radius 2 is 2.10 bits per heavy atom. The number of carbonyl (C=O) groups excluding carboxylic acids is 1. The van der Waals surface area contributed by atoms with Gasteiger partial charge in [0.2, 0.25) is 0 Å². The van der Waals surface area contributed by atoms with Crippen molar-refractivity contribution >= 4 is 28.3 Å². The average Bonchev–Trinajstić information content (AvgIpc) is 2.91. The van der Waals surface area contributed by atoms with Gasteiger partial charge >= 0.3 is 0 Å². The number of nitrogen functional groups attached to an aromatic ring is 1. The first kappa shape index (κ1) is 13.7. The van der Waals surface area contributed by atoms with Gasteiger partial charge in [0.15, 0.2) is 5.82 Å². The second kappa shape index (κ2) is 5.60. The van der Waals surface area contributed by atoms with E-state index in [4.69, 9.17) is 5.73 Å². The van der Waals surface area contributed by atoms with Gasteiger partial charge in [-0.05, 0) is 43.1 Å². The van der Waals surface area contributed by atoms with E-state index < -0.39 is 0 Å². The van der Waals surface area contributed by atoms with E-state index in [0.717, 1.165) is 30.3 Å². The molecule has 2 saturated carbocycles. The van der Waals surface area contributed by atoms with E-state index in [2.05, 4.69) is 14.6 Å². The maximum absolute atomic E-state index is 12.3. The molecule has 0 unspecified atom stereocenters. The third-order valence-corrected chi connectivity index (χ3v) is 5.17. The Bertz CT molecular complexity index is 491. The summed E-state index contributed by atoms with van der Waals surface area (Å²) in [6.45, 7) is 0.991. The fourth-order valence-electron chi connectivity index (χ4n) is 2.92. The first-order valence-corrected chi connectivity index (χ1v) is 8.19. The predicted octanol–water partition coefficient (Wildman–Crippen LogP) is 2.24. The van der Waals surface area contributed by atoms with Crippen molar-refractivity contribution < 1.29 is 4.79 Å². The van der Waals surface area contributed by atoms with Crippen molar-refractivity contribution in [3.8, 4) is 0 Å². The van der Waals surface area contributed by atoms with Crippen LogP contribution in [0.25, 0.3) is 0 Å². The molecule has 0 radical (unpaired) electrons. The first-order valence-electron chi connectivity index (χ1n) is 7.42. The fraction of sp³-hybridized carbons (Fsp3) is 0.714. The number of amides is 1.